The van der Waals surface area contributed by atoms with Crippen LogP contribution >= 0.6 is 11.8 Å². The van der Waals surface area contributed by atoms with Crippen LogP contribution in [-0.4, -0.2) is 56.0 Å². The number of rotatable bonds is 8. The fourth-order valence-corrected chi connectivity index (χ4v) is 4.08. The third-order valence-electron chi connectivity index (χ3n) is 4.21. The van der Waals surface area contributed by atoms with Gasteiger partial charge >= 0.3 is 5.97 Å². The van der Waals surface area contributed by atoms with Crippen molar-refractivity contribution in [3.05, 3.63) is 48.0 Å². The Morgan fingerprint density at radius 1 is 1.19 bits per heavy atom. The molecule has 9 nitrogen and oxygen atoms in total. The van der Waals surface area contributed by atoms with Crippen molar-refractivity contribution in [2.45, 2.75) is 17.0 Å². The number of carbonyl (C=O) groups excluding carboxylic acids is 2. The minimum atomic E-state index is -3.64. The summed E-state index contributed by atoms with van der Waals surface area (Å²) in [6, 6.07) is 11.6. The molecule has 2 aromatic carbocycles. The Hall–Kier alpha value is -2.89. The molecule has 0 spiro atoms. The average molecular weight is 464 g/mol. The topological polar surface area (TPSA) is 119 Å². The normalized spacial score (nSPS) is 11.6. The van der Waals surface area contributed by atoms with Crippen molar-refractivity contribution in [1.29, 1.82) is 0 Å². The standard InChI is InChI=1S/C20H21N3O6S2/c1-13-8-9-14(31(26,27)23(2)3)10-16(13)21-18(24)11-28-19(25)12-30-20-22-15-6-4-5-7-17(15)29-20/h4-10H,11-12H2,1-3H3,(H,21,24). The molecule has 0 saturated carbocycles. The summed E-state index contributed by atoms with van der Waals surface area (Å²) in [5.74, 6) is -1.26. The molecule has 0 unspecified atom stereocenters. The molecule has 1 amide bonds. The molecular weight excluding hydrogens is 442 g/mol. The number of sulfonamides is 1. The summed E-state index contributed by atoms with van der Waals surface area (Å²) in [5.41, 5.74) is 2.30. The molecule has 3 aromatic rings. The second kappa shape index (κ2) is 9.50. The number of oxazole rings is 1. The van der Waals surface area contributed by atoms with Gasteiger partial charge in [-0.1, -0.05) is 30.0 Å². The van der Waals surface area contributed by atoms with Gasteiger partial charge in [0.05, 0.1) is 4.90 Å². The van der Waals surface area contributed by atoms with Crippen molar-refractivity contribution < 1.29 is 27.2 Å². The maximum atomic E-state index is 12.3. The van der Waals surface area contributed by atoms with E-state index >= 15 is 0 Å². The van der Waals surface area contributed by atoms with Crippen molar-refractivity contribution in [1.82, 2.24) is 9.29 Å². The summed E-state index contributed by atoms with van der Waals surface area (Å²) < 4.78 is 36.1. The van der Waals surface area contributed by atoms with E-state index < -0.39 is 28.5 Å². The van der Waals surface area contributed by atoms with Gasteiger partial charge in [0, 0.05) is 19.8 Å². The molecule has 164 valence electrons. The number of aryl methyl sites for hydroxylation is 1. The number of hydrogen-bond donors (Lipinski definition) is 1. The van der Waals surface area contributed by atoms with Crippen molar-refractivity contribution >= 4 is 50.4 Å². The van der Waals surface area contributed by atoms with Crippen LogP contribution in [-0.2, 0) is 24.3 Å². The van der Waals surface area contributed by atoms with Crippen LogP contribution in [0.15, 0.2) is 57.0 Å². The van der Waals surface area contributed by atoms with Crippen LogP contribution in [0.25, 0.3) is 11.1 Å². The second-order valence-electron chi connectivity index (χ2n) is 6.71. The number of aromatic nitrogens is 1. The number of ether oxygens (including phenoxy) is 1. The molecule has 0 aliphatic heterocycles. The largest absolute Gasteiger partial charge is 0.455 e. The number of esters is 1. The highest BCUT2D eigenvalue weighted by atomic mass is 32.2. The Morgan fingerprint density at radius 2 is 1.94 bits per heavy atom. The number of anilines is 1. The number of hydrogen-bond acceptors (Lipinski definition) is 8. The van der Waals surface area contributed by atoms with Gasteiger partial charge in [-0.15, -0.1) is 0 Å². The van der Waals surface area contributed by atoms with E-state index in [4.69, 9.17) is 9.15 Å². The van der Waals surface area contributed by atoms with E-state index in [0.29, 0.717) is 27.6 Å². The summed E-state index contributed by atoms with van der Waals surface area (Å²) in [4.78, 5) is 28.4. The molecule has 0 aliphatic rings. The predicted octanol–water partition coefficient (Wildman–Crippen LogP) is 2.66. The van der Waals surface area contributed by atoms with E-state index in [2.05, 4.69) is 10.3 Å². The van der Waals surface area contributed by atoms with E-state index in [1.54, 1.807) is 25.1 Å². The molecule has 1 heterocycles. The first-order valence-electron chi connectivity index (χ1n) is 9.14. The second-order valence-corrected chi connectivity index (χ2v) is 9.79. The Labute approximate surface area is 183 Å². The average Bonchev–Trinajstić information content (AvgIpc) is 3.15. The molecule has 3 rings (SSSR count). The molecule has 1 N–H and O–H groups in total. The van der Waals surface area contributed by atoms with Crippen molar-refractivity contribution in [2.75, 3.05) is 31.8 Å². The lowest BCUT2D eigenvalue weighted by molar-refractivity contribution is -0.144. The summed E-state index contributed by atoms with van der Waals surface area (Å²) >= 11 is 1.06. The number of fused-ring (bicyclic) bond motifs is 1. The van der Waals surface area contributed by atoms with Crippen LogP contribution in [0.5, 0.6) is 0 Å². The van der Waals surface area contributed by atoms with Crippen LogP contribution in [0.3, 0.4) is 0 Å². The van der Waals surface area contributed by atoms with Crippen LogP contribution in [0.4, 0.5) is 5.69 Å². The molecule has 0 radical (unpaired) electrons. The van der Waals surface area contributed by atoms with Gasteiger partial charge in [-0.05, 0) is 36.8 Å². The summed E-state index contributed by atoms with van der Waals surface area (Å²) in [6.45, 7) is 1.22. The maximum absolute atomic E-state index is 12.3. The van der Waals surface area contributed by atoms with E-state index in [-0.39, 0.29) is 10.6 Å². The van der Waals surface area contributed by atoms with E-state index in [9.17, 15) is 18.0 Å². The van der Waals surface area contributed by atoms with Crippen LogP contribution < -0.4 is 5.32 Å². The third-order valence-corrected chi connectivity index (χ3v) is 6.83. The van der Waals surface area contributed by atoms with Crippen LogP contribution in [0, 0.1) is 6.92 Å². The molecule has 0 fully saturated rings. The monoisotopic (exact) mass is 463 g/mol. The Kier molecular flexibility index (Phi) is 6.98. The van der Waals surface area contributed by atoms with Crippen molar-refractivity contribution in [3.8, 4) is 0 Å². The molecule has 0 saturated heterocycles. The highest BCUT2D eigenvalue weighted by Gasteiger charge is 2.19. The number of amides is 1. The van der Waals surface area contributed by atoms with Gasteiger partial charge in [-0.25, -0.2) is 17.7 Å². The van der Waals surface area contributed by atoms with Gasteiger partial charge < -0.3 is 14.5 Å². The molecule has 11 heteroatoms. The quantitative estimate of drug-likeness (QED) is 0.400. The number of carbonyl (C=O) groups is 2. The minimum Gasteiger partial charge on any atom is -0.455 e. The van der Waals surface area contributed by atoms with Crippen LogP contribution in [0.2, 0.25) is 0 Å². The molecule has 1 aromatic heterocycles. The van der Waals surface area contributed by atoms with Crippen molar-refractivity contribution in [2.24, 2.45) is 0 Å². The zero-order chi connectivity index (χ0) is 22.6. The fourth-order valence-electron chi connectivity index (χ4n) is 2.51. The van der Waals surface area contributed by atoms with E-state index in [1.807, 2.05) is 12.1 Å². The van der Waals surface area contributed by atoms with Gasteiger partial charge in [0.2, 0.25) is 10.0 Å². The first kappa shape index (κ1) is 22.8. The maximum Gasteiger partial charge on any atom is 0.316 e. The highest BCUT2D eigenvalue weighted by molar-refractivity contribution is 7.99. The van der Waals surface area contributed by atoms with Gasteiger partial charge in [-0.3, -0.25) is 9.59 Å². The lowest BCUT2D eigenvalue weighted by Crippen LogP contribution is -2.24. The summed E-state index contributed by atoms with van der Waals surface area (Å²) in [5, 5.41) is 2.90. The highest BCUT2D eigenvalue weighted by Crippen LogP contribution is 2.24. The molecular formula is C20H21N3O6S2. The van der Waals surface area contributed by atoms with Gasteiger partial charge in [0.25, 0.3) is 11.1 Å². The number of nitrogens with one attached hydrogen (secondary N) is 1. The van der Waals surface area contributed by atoms with Gasteiger partial charge in [0.15, 0.2) is 12.2 Å². The van der Waals surface area contributed by atoms with Gasteiger partial charge in [0.1, 0.15) is 11.3 Å². The predicted molar refractivity (Wildman–Crippen MR) is 116 cm³/mol. The molecule has 0 atom stereocenters. The smallest absolute Gasteiger partial charge is 0.316 e. The number of para-hydroxylation sites is 2. The van der Waals surface area contributed by atoms with Gasteiger partial charge in [-0.2, -0.15) is 0 Å². The Bertz CT molecular complexity index is 1190. The summed E-state index contributed by atoms with van der Waals surface area (Å²) in [7, 11) is -0.797. The first-order valence-corrected chi connectivity index (χ1v) is 11.6. The lowest BCUT2D eigenvalue weighted by atomic mass is 10.2. The summed E-state index contributed by atoms with van der Waals surface area (Å²) in [6.07, 6.45) is 0. The Morgan fingerprint density at radius 3 is 2.65 bits per heavy atom. The zero-order valence-electron chi connectivity index (χ0n) is 17.1. The SMILES string of the molecule is Cc1ccc(S(=O)(=O)N(C)C)cc1NC(=O)COC(=O)CSc1nc2ccccc2o1. The molecule has 31 heavy (non-hydrogen) atoms. The molecule has 0 aliphatic carbocycles. The molecule has 0 bridgehead atoms. The van der Waals surface area contributed by atoms with Crippen LogP contribution in [0.1, 0.15) is 5.56 Å². The first-order chi connectivity index (χ1) is 14.7. The van der Waals surface area contributed by atoms with E-state index in [1.165, 1.54) is 26.2 Å². The number of thioether (sulfide) groups is 1. The fraction of sp³-hybridized carbons (Fsp3) is 0.250. The lowest BCUT2D eigenvalue weighted by Gasteiger charge is -2.14. The zero-order valence-corrected chi connectivity index (χ0v) is 18.7. The number of nitrogens with zero attached hydrogens (tertiary/aromatic N) is 2. The third kappa shape index (κ3) is 5.63. The number of benzene rings is 2. The Balaban J connectivity index is 1.53. The van der Waals surface area contributed by atoms with Crippen molar-refractivity contribution in [3.63, 3.8) is 0 Å². The minimum absolute atomic E-state index is 0.0464. The van der Waals surface area contributed by atoms with E-state index in [0.717, 1.165) is 16.1 Å².